The molecule has 1 rings (SSSR count). The summed E-state index contributed by atoms with van der Waals surface area (Å²) in [7, 11) is 0. The van der Waals surface area contributed by atoms with Crippen LogP contribution in [0.15, 0.2) is 24.5 Å². The SMILES string of the molecule is N[C@H]([C]=O)Cc1ccncc1. The molecule has 3 nitrogen and oxygen atoms in total. The fourth-order valence-electron chi connectivity index (χ4n) is 0.814. The van der Waals surface area contributed by atoms with E-state index < -0.39 is 6.04 Å². The van der Waals surface area contributed by atoms with Crippen molar-refractivity contribution in [3.05, 3.63) is 30.1 Å². The molecular formula is C8H9N2O. The first-order chi connectivity index (χ1) is 5.33. The van der Waals surface area contributed by atoms with Crippen molar-refractivity contribution in [2.75, 3.05) is 0 Å². The molecule has 1 radical (unpaired) electrons. The number of hydrogen-bond donors (Lipinski definition) is 1. The summed E-state index contributed by atoms with van der Waals surface area (Å²) in [5.41, 5.74) is 6.37. The van der Waals surface area contributed by atoms with Crippen LogP contribution in [0.3, 0.4) is 0 Å². The van der Waals surface area contributed by atoms with Gasteiger partial charge in [0.1, 0.15) is 0 Å². The van der Waals surface area contributed by atoms with E-state index in [1.807, 2.05) is 12.1 Å². The molecule has 0 aliphatic carbocycles. The number of nitrogens with zero attached hydrogens (tertiary/aromatic N) is 1. The lowest BCUT2D eigenvalue weighted by atomic mass is 10.1. The zero-order chi connectivity index (χ0) is 8.10. The predicted molar refractivity (Wildman–Crippen MR) is 41.6 cm³/mol. The van der Waals surface area contributed by atoms with Gasteiger partial charge in [0.05, 0.1) is 6.04 Å². The van der Waals surface area contributed by atoms with Gasteiger partial charge in [-0.2, -0.15) is 0 Å². The molecule has 1 atom stereocenters. The van der Waals surface area contributed by atoms with E-state index in [1.165, 1.54) is 0 Å². The Kier molecular flexibility index (Phi) is 2.74. The van der Waals surface area contributed by atoms with Crippen LogP contribution >= 0.6 is 0 Å². The molecule has 0 aliphatic heterocycles. The predicted octanol–water partition coefficient (Wildman–Crippen LogP) is 0.0611. The maximum Gasteiger partial charge on any atom is 0.217 e. The van der Waals surface area contributed by atoms with E-state index in [2.05, 4.69) is 4.98 Å². The van der Waals surface area contributed by atoms with Crippen molar-refractivity contribution < 1.29 is 4.79 Å². The molecule has 0 bridgehead atoms. The van der Waals surface area contributed by atoms with E-state index >= 15 is 0 Å². The van der Waals surface area contributed by atoms with Gasteiger partial charge in [0, 0.05) is 12.4 Å². The fraction of sp³-hybridized carbons (Fsp3) is 0.250. The molecule has 0 spiro atoms. The van der Waals surface area contributed by atoms with Crippen LogP contribution in [0.4, 0.5) is 0 Å². The second-order valence-corrected chi connectivity index (χ2v) is 2.28. The van der Waals surface area contributed by atoms with Crippen LogP contribution in [0.25, 0.3) is 0 Å². The van der Waals surface area contributed by atoms with Crippen molar-refractivity contribution in [1.29, 1.82) is 0 Å². The molecule has 0 aromatic carbocycles. The Morgan fingerprint density at radius 3 is 2.73 bits per heavy atom. The van der Waals surface area contributed by atoms with Crippen LogP contribution in [0.2, 0.25) is 0 Å². The molecule has 0 unspecified atom stereocenters. The number of hydrogen-bond acceptors (Lipinski definition) is 3. The molecule has 1 heterocycles. The zero-order valence-corrected chi connectivity index (χ0v) is 6.03. The van der Waals surface area contributed by atoms with Crippen LogP contribution in [0.5, 0.6) is 0 Å². The second kappa shape index (κ2) is 3.83. The van der Waals surface area contributed by atoms with E-state index in [-0.39, 0.29) is 0 Å². The standard InChI is InChI=1S/C8H9N2O/c9-8(6-11)5-7-1-3-10-4-2-7/h1-4,8H,5,9H2/t8-/m0/s1. The Morgan fingerprint density at radius 1 is 1.55 bits per heavy atom. The highest BCUT2D eigenvalue weighted by Crippen LogP contribution is 1.98. The summed E-state index contributed by atoms with van der Waals surface area (Å²) in [6.07, 6.45) is 5.60. The van der Waals surface area contributed by atoms with Gasteiger partial charge in [0.25, 0.3) is 0 Å². The second-order valence-electron chi connectivity index (χ2n) is 2.28. The van der Waals surface area contributed by atoms with Gasteiger partial charge in [-0.25, -0.2) is 0 Å². The highest BCUT2D eigenvalue weighted by Gasteiger charge is 2.01. The van der Waals surface area contributed by atoms with E-state index in [1.54, 1.807) is 18.7 Å². The van der Waals surface area contributed by atoms with Crippen molar-refractivity contribution in [3.8, 4) is 0 Å². The van der Waals surface area contributed by atoms with Gasteiger partial charge in [-0.15, -0.1) is 0 Å². The highest BCUT2D eigenvalue weighted by molar-refractivity contribution is 5.58. The third-order valence-corrected chi connectivity index (χ3v) is 1.36. The lowest BCUT2D eigenvalue weighted by Gasteiger charge is -2.00. The first-order valence-electron chi connectivity index (χ1n) is 3.35. The van der Waals surface area contributed by atoms with Gasteiger partial charge in [0.2, 0.25) is 6.29 Å². The van der Waals surface area contributed by atoms with Crippen LogP contribution in [0, 0.1) is 0 Å². The van der Waals surface area contributed by atoms with Crippen LogP contribution in [-0.2, 0) is 11.2 Å². The third kappa shape index (κ3) is 2.47. The average Bonchev–Trinajstić information content (AvgIpc) is 2.06. The van der Waals surface area contributed by atoms with Gasteiger partial charge in [-0.3, -0.25) is 9.78 Å². The molecule has 0 saturated heterocycles. The molecular weight excluding hydrogens is 140 g/mol. The summed E-state index contributed by atoms with van der Waals surface area (Å²) in [5, 5.41) is 0. The summed E-state index contributed by atoms with van der Waals surface area (Å²) in [6, 6.07) is 3.14. The van der Waals surface area contributed by atoms with E-state index in [9.17, 15) is 4.79 Å². The van der Waals surface area contributed by atoms with Crippen LogP contribution in [-0.4, -0.2) is 17.3 Å². The third-order valence-electron chi connectivity index (χ3n) is 1.36. The lowest BCUT2D eigenvalue weighted by Crippen LogP contribution is -2.23. The topological polar surface area (TPSA) is 56.0 Å². The maximum atomic E-state index is 10.0. The number of rotatable bonds is 3. The maximum absolute atomic E-state index is 10.0. The van der Waals surface area contributed by atoms with Gasteiger partial charge in [-0.05, 0) is 24.1 Å². The number of pyridine rings is 1. The summed E-state index contributed by atoms with van der Waals surface area (Å²) in [4.78, 5) is 13.9. The van der Waals surface area contributed by atoms with E-state index in [4.69, 9.17) is 5.73 Å². The van der Waals surface area contributed by atoms with E-state index in [0.717, 1.165) is 5.56 Å². The molecule has 1 aromatic rings. The Labute approximate surface area is 65.2 Å². The first-order valence-corrected chi connectivity index (χ1v) is 3.35. The van der Waals surface area contributed by atoms with Crippen LogP contribution in [0.1, 0.15) is 5.56 Å². The molecule has 1 aromatic heterocycles. The summed E-state index contributed by atoms with van der Waals surface area (Å²) in [6.45, 7) is 0. The number of aromatic nitrogens is 1. The quantitative estimate of drug-likeness (QED) is 0.661. The van der Waals surface area contributed by atoms with Crippen molar-refractivity contribution in [3.63, 3.8) is 0 Å². The minimum atomic E-state index is -0.516. The van der Waals surface area contributed by atoms with E-state index in [0.29, 0.717) is 6.42 Å². The Hall–Kier alpha value is -1.22. The van der Waals surface area contributed by atoms with Crippen molar-refractivity contribution in [2.24, 2.45) is 5.73 Å². The number of carbonyl (C=O) groups excluding carboxylic acids is 1. The summed E-state index contributed by atoms with van der Waals surface area (Å²) < 4.78 is 0. The smallest absolute Gasteiger partial charge is 0.217 e. The molecule has 57 valence electrons. The van der Waals surface area contributed by atoms with Crippen molar-refractivity contribution in [2.45, 2.75) is 12.5 Å². The zero-order valence-electron chi connectivity index (χ0n) is 6.03. The van der Waals surface area contributed by atoms with Crippen molar-refractivity contribution in [1.82, 2.24) is 4.98 Å². The molecule has 11 heavy (non-hydrogen) atoms. The van der Waals surface area contributed by atoms with Gasteiger partial charge in [-0.1, -0.05) is 0 Å². The molecule has 2 N–H and O–H groups in total. The first kappa shape index (κ1) is 7.88. The monoisotopic (exact) mass is 149 g/mol. The molecule has 0 amide bonds. The Bertz CT molecular complexity index is 223. The van der Waals surface area contributed by atoms with Crippen molar-refractivity contribution >= 4 is 6.29 Å². The molecule has 0 fully saturated rings. The number of nitrogens with two attached hydrogens (primary N) is 1. The minimum Gasteiger partial charge on any atom is -0.321 e. The highest BCUT2D eigenvalue weighted by atomic mass is 16.1. The fourth-order valence-corrected chi connectivity index (χ4v) is 0.814. The summed E-state index contributed by atoms with van der Waals surface area (Å²) >= 11 is 0. The minimum absolute atomic E-state index is 0.516. The lowest BCUT2D eigenvalue weighted by molar-refractivity contribution is 0.541. The average molecular weight is 149 g/mol. The van der Waals surface area contributed by atoms with Gasteiger partial charge in [0.15, 0.2) is 0 Å². The Morgan fingerprint density at radius 2 is 2.18 bits per heavy atom. The summed E-state index contributed by atoms with van der Waals surface area (Å²) in [5.74, 6) is 0. The normalized spacial score (nSPS) is 12.5. The Balaban J connectivity index is 2.57. The van der Waals surface area contributed by atoms with Gasteiger partial charge < -0.3 is 5.73 Å². The molecule has 0 saturated carbocycles. The van der Waals surface area contributed by atoms with Crippen LogP contribution < -0.4 is 5.73 Å². The largest absolute Gasteiger partial charge is 0.321 e. The molecule has 0 aliphatic rings. The van der Waals surface area contributed by atoms with Gasteiger partial charge >= 0.3 is 0 Å². The molecule has 3 heteroatoms.